The van der Waals surface area contributed by atoms with E-state index in [1.165, 1.54) is 0 Å². The van der Waals surface area contributed by atoms with E-state index >= 15 is 0 Å². The van der Waals surface area contributed by atoms with E-state index in [2.05, 4.69) is 15.2 Å². The number of benzene rings is 2. The molecule has 4 aromatic rings. The van der Waals surface area contributed by atoms with Crippen LogP contribution in [0.2, 0.25) is 0 Å². The molecule has 0 bridgehead atoms. The van der Waals surface area contributed by atoms with Gasteiger partial charge in [0.05, 0.1) is 31.6 Å². The smallest absolute Gasteiger partial charge is 0.232 e. The minimum absolute atomic E-state index is 0.559. The Labute approximate surface area is 174 Å². The third-order valence-electron chi connectivity index (χ3n) is 5.03. The molecule has 0 saturated carbocycles. The second-order valence-corrected chi connectivity index (χ2v) is 6.87. The lowest BCUT2D eigenvalue weighted by Gasteiger charge is -2.30. The van der Waals surface area contributed by atoms with Crippen molar-refractivity contribution in [2.75, 3.05) is 30.5 Å². The molecule has 0 atom stereocenters. The first-order valence-corrected chi connectivity index (χ1v) is 9.81. The molecule has 0 unspecified atom stereocenters. The van der Waals surface area contributed by atoms with Crippen molar-refractivity contribution in [3.8, 4) is 11.5 Å². The van der Waals surface area contributed by atoms with Gasteiger partial charge in [0.25, 0.3) is 0 Å². The minimum Gasteiger partial charge on any atom is -0.494 e. The van der Waals surface area contributed by atoms with Crippen molar-refractivity contribution >= 4 is 28.4 Å². The Morgan fingerprint density at radius 2 is 1.93 bits per heavy atom. The van der Waals surface area contributed by atoms with Gasteiger partial charge in [-0.3, -0.25) is 4.98 Å². The average Bonchev–Trinajstić information content (AvgIpc) is 2.82. The summed E-state index contributed by atoms with van der Waals surface area (Å²) in [4.78, 5) is 16.2. The zero-order valence-electron chi connectivity index (χ0n) is 16.6. The Morgan fingerprint density at radius 1 is 1.03 bits per heavy atom. The van der Waals surface area contributed by atoms with Crippen LogP contribution < -0.4 is 19.7 Å². The first kappa shape index (κ1) is 18.2. The molecule has 3 heterocycles. The van der Waals surface area contributed by atoms with Gasteiger partial charge in [-0.2, -0.15) is 4.98 Å². The molecule has 2 aromatic heterocycles. The molecular formula is C23H21N5O2. The van der Waals surface area contributed by atoms with E-state index < -0.39 is 0 Å². The highest BCUT2D eigenvalue weighted by molar-refractivity contribution is 5.94. The van der Waals surface area contributed by atoms with Gasteiger partial charge in [0.15, 0.2) is 0 Å². The fourth-order valence-electron chi connectivity index (χ4n) is 3.59. The van der Waals surface area contributed by atoms with Gasteiger partial charge in [0.2, 0.25) is 5.95 Å². The summed E-state index contributed by atoms with van der Waals surface area (Å²) in [6, 6.07) is 19.6. The van der Waals surface area contributed by atoms with E-state index in [1.54, 1.807) is 13.3 Å². The highest BCUT2D eigenvalue weighted by Gasteiger charge is 2.23. The number of para-hydroxylation sites is 3. The number of methoxy groups -OCH3 is 1. The molecule has 7 heteroatoms. The molecule has 2 aromatic carbocycles. The maximum Gasteiger partial charge on any atom is 0.232 e. The number of hydrogen-bond acceptors (Lipinski definition) is 7. The minimum atomic E-state index is 0.559. The van der Waals surface area contributed by atoms with Crippen molar-refractivity contribution in [3.63, 3.8) is 0 Å². The second-order valence-electron chi connectivity index (χ2n) is 6.87. The van der Waals surface area contributed by atoms with Crippen LogP contribution in [-0.2, 0) is 6.54 Å². The lowest BCUT2D eigenvalue weighted by atomic mass is 10.2. The number of nitrogens with zero attached hydrogens (tertiary/aromatic N) is 4. The predicted octanol–water partition coefficient (Wildman–Crippen LogP) is 4.18. The van der Waals surface area contributed by atoms with Crippen LogP contribution in [0.3, 0.4) is 0 Å². The third kappa shape index (κ3) is 3.34. The van der Waals surface area contributed by atoms with E-state index in [0.29, 0.717) is 31.4 Å². The molecule has 1 aliphatic heterocycles. The summed E-state index contributed by atoms with van der Waals surface area (Å²) in [7, 11) is 1.65. The quantitative estimate of drug-likeness (QED) is 0.540. The molecule has 0 aliphatic carbocycles. The molecule has 1 aliphatic rings. The molecule has 30 heavy (non-hydrogen) atoms. The summed E-state index contributed by atoms with van der Waals surface area (Å²) in [6.45, 7) is 1.79. The van der Waals surface area contributed by atoms with Crippen LogP contribution >= 0.6 is 0 Å². The first-order chi connectivity index (χ1) is 14.8. The molecule has 5 rings (SSSR count). The SMILES string of the molecule is COc1cccc2c(NCc3ccccn3)nc(N3CCOc4ccccc43)nc12. The Bertz CT molecular complexity index is 1180. The van der Waals surface area contributed by atoms with E-state index in [9.17, 15) is 0 Å². The number of nitrogens with one attached hydrogen (secondary N) is 1. The number of rotatable bonds is 5. The van der Waals surface area contributed by atoms with Crippen molar-refractivity contribution in [3.05, 3.63) is 72.6 Å². The van der Waals surface area contributed by atoms with Crippen molar-refractivity contribution in [1.29, 1.82) is 0 Å². The largest absolute Gasteiger partial charge is 0.494 e. The molecule has 0 fully saturated rings. The summed E-state index contributed by atoms with van der Waals surface area (Å²) in [5, 5.41) is 4.33. The van der Waals surface area contributed by atoms with Gasteiger partial charge in [-0.25, -0.2) is 4.98 Å². The molecule has 0 radical (unpaired) electrons. The summed E-state index contributed by atoms with van der Waals surface area (Å²) in [5.41, 5.74) is 2.65. The monoisotopic (exact) mass is 399 g/mol. The highest BCUT2D eigenvalue weighted by Crippen LogP contribution is 2.37. The number of aromatic nitrogens is 3. The summed E-state index contributed by atoms with van der Waals surface area (Å²) in [6.07, 6.45) is 1.79. The van der Waals surface area contributed by atoms with Gasteiger partial charge in [-0.15, -0.1) is 0 Å². The summed E-state index contributed by atoms with van der Waals surface area (Å²) >= 11 is 0. The molecule has 150 valence electrons. The lowest BCUT2D eigenvalue weighted by Crippen LogP contribution is -2.30. The van der Waals surface area contributed by atoms with Crippen LogP contribution in [0.5, 0.6) is 11.5 Å². The number of fused-ring (bicyclic) bond motifs is 2. The lowest BCUT2D eigenvalue weighted by molar-refractivity contribution is 0.313. The first-order valence-electron chi connectivity index (χ1n) is 9.81. The standard InChI is InChI=1S/C23H21N5O2/c1-29-20-11-6-8-17-21(20)26-23(27-22(17)25-15-16-7-4-5-12-24-16)28-13-14-30-19-10-3-2-9-18(19)28/h2-12H,13-15H2,1H3,(H,25,26,27). The average molecular weight is 399 g/mol. The molecule has 7 nitrogen and oxygen atoms in total. The summed E-state index contributed by atoms with van der Waals surface area (Å²) < 4.78 is 11.4. The maximum absolute atomic E-state index is 5.80. The Kier molecular flexibility index (Phi) is 4.77. The molecule has 0 amide bonds. The van der Waals surface area contributed by atoms with E-state index in [4.69, 9.17) is 19.4 Å². The van der Waals surface area contributed by atoms with Crippen LogP contribution in [0.4, 0.5) is 17.5 Å². The zero-order valence-corrected chi connectivity index (χ0v) is 16.6. The Morgan fingerprint density at radius 3 is 2.80 bits per heavy atom. The topological polar surface area (TPSA) is 72.4 Å². The van der Waals surface area contributed by atoms with Gasteiger partial charge in [-0.05, 0) is 36.4 Å². The maximum atomic E-state index is 5.80. The van der Waals surface area contributed by atoms with E-state index in [-0.39, 0.29) is 0 Å². The number of pyridine rings is 1. The van der Waals surface area contributed by atoms with Crippen molar-refractivity contribution in [2.24, 2.45) is 0 Å². The van der Waals surface area contributed by atoms with Crippen LogP contribution in [0.15, 0.2) is 66.9 Å². The number of anilines is 3. The fourth-order valence-corrected chi connectivity index (χ4v) is 3.59. The van der Waals surface area contributed by atoms with Crippen LogP contribution in [0.1, 0.15) is 5.69 Å². The van der Waals surface area contributed by atoms with Gasteiger partial charge in [-0.1, -0.05) is 24.3 Å². The van der Waals surface area contributed by atoms with Crippen LogP contribution in [-0.4, -0.2) is 35.2 Å². The Balaban J connectivity index is 1.61. The fraction of sp³-hybridized carbons (Fsp3) is 0.174. The van der Waals surface area contributed by atoms with Crippen molar-refractivity contribution in [1.82, 2.24) is 15.0 Å². The van der Waals surface area contributed by atoms with E-state index in [1.807, 2.05) is 60.7 Å². The van der Waals surface area contributed by atoms with Crippen LogP contribution in [0.25, 0.3) is 10.9 Å². The Hall–Kier alpha value is -3.87. The van der Waals surface area contributed by atoms with Gasteiger partial charge in [0.1, 0.15) is 29.4 Å². The normalized spacial score (nSPS) is 12.9. The molecule has 0 saturated heterocycles. The molecule has 0 spiro atoms. The van der Waals surface area contributed by atoms with E-state index in [0.717, 1.165) is 33.9 Å². The third-order valence-corrected chi connectivity index (χ3v) is 5.03. The second kappa shape index (κ2) is 7.87. The predicted molar refractivity (Wildman–Crippen MR) is 117 cm³/mol. The van der Waals surface area contributed by atoms with Gasteiger partial charge < -0.3 is 19.7 Å². The number of hydrogen-bond donors (Lipinski definition) is 1. The van der Waals surface area contributed by atoms with Crippen molar-refractivity contribution < 1.29 is 9.47 Å². The van der Waals surface area contributed by atoms with Crippen LogP contribution in [0, 0.1) is 0 Å². The zero-order chi connectivity index (χ0) is 20.3. The molecule has 1 N–H and O–H groups in total. The van der Waals surface area contributed by atoms with Gasteiger partial charge >= 0.3 is 0 Å². The van der Waals surface area contributed by atoms with Crippen molar-refractivity contribution in [2.45, 2.75) is 6.54 Å². The highest BCUT2D eigenvalue weighted by atomic mass is 16.5. The van der Waals surface area contributed by atoms with Gasteiger partial charge in [0, 0.05) is 11.6 Å². The summed E-state index contributed by atoms with van der Waals surface area (Å²) in [5.74, 6) is 2.88. The molecular weight excluding hydrogens is 378 g/mol. The number of ether oxygens (including phenoxy) is 2.